The normalized spacial score (nSPS) is 11.8. The third kappa shape index (κ3) is 3.41. The van der Waals surface area contributed by atoms with Crippen molar-refractivity contribution in [3.63, 3.8) is 0 Å². The van der Waals surface area contributed by atoms with E-state index < -0.39 is 7.26 Å². The van der Waals surface area contributed by atoms with Crippen LogP contribution in [0.4, 0.5) is 0 Å². The van der Waals surface area contributed by atoms with E-state index in [4.69, 9.17) is 4.98 Å². The summed E-state index contributed by atoms with van der Waals surface area (Å²) in [5.41, 5.74) is 3.50. The monoisotopic (exact) mass is 488 g/mol. The Morgan fingerprint density at radius 3 is 1.64 bits per heavy atom. The molecular weight excluding hydrogens is 461 g/mol. The topological polar surface area (TPSA) is 39.3 Å². The number of benzene rings is 4. The van der Waals surface area contributed by atoms with Crippen molar-refractivity contribution in [3.05, 3.63) is 127 Å². The van der Waals surface area contributed by atoms with Crippen molar-refractivity contribution in [2.24, 2.45) is 7.05 Å². The van der Waals surface area contributed by atoms with Gasteiger partial charge in [-0.15, -0.1) is 0 Å². The van der Waals surface area contributed by atoms with Crippen LogP contribution in [0.1, 0.15) is 16.2 Å². The van der Waals surface area contributed by atoms with Crippen LogP contribution < -0.4 is 15.9 Å². The van der Waals surface area contributed by atoms with Crippen LogP contribution in [0, 0.1) is 6.92 Å². The summed E-state index contributed by atoms with van der Waals surface area (Å²) in [7, 11) is -0.292. The summed E-state index contributed by atoms with van der Waals surface area (Å²) in [6, 6.07) is 39.8. The van der Waals surface area contributed by atoms with Gasteiger partial charge in [0.1, 0.15) is 35.0 Å². The highest BCUT2D eigenvalue weighted by molar-refractivity contribution is 7.96. The van der Waals surface area contributed by atoms with Crippen LogP contribution in [0.25, 0.3) is 16.8 Å². The molecule has 36 heavy (non-hydrogen) atoms. The molecule has 0 aliphatic carbocycles. The summed E-state index contributed by atoms with van der Waals surface area (Å²) >= 11 is 0. The van der Waals surface area contributed by atoms with E-state index in [0.717, 1.165) is 22.5 Å². The van der Waals surface area contributed by atoms with Gasteiger partial charge in [-0.1, -0.05) is 66.7 Å². The number of para-hydroxylation sites is 2. The summed E-state index contributed by atoms with van der Waals surface area (Å²) < 4.78 is 4.11. The molecule has 0 radical (unpaired) electrons. The van der Waals surface area contributed by atoms with E-state index in [2.05, 4.69) is 89.5 Å². The first-order valence-electron chi connectivity index (χ1n) is 12.1. The molecule has 6 aromatic rings. The highest BCUT2D eigenvalue weighted by Gasteiger charge is 2.48. The Morgan fingerprint density at radius 1 is 0.694 bits per heavy atom. The van der Waals surface area contributed by atoms with E-state index in [1.807, 2.05) is 48.7 Å². The van der Waals surface area contributed by atoms with Crippen LogP contribution in [0.15, 0.2) is 115 Å². The van der Waals surface area contributed by atoms with Crippen LogP contribution in [0.5, 0.6) is 0 Å². The van der Waals surface area contributed by atoms with Crippen molar-refractivity contribution in [3.8, 4) is 0 Å². The average molecular weight is 489 g/mol. The standard InChI is InChI=1S/C31H27N3OP/c1-23-30(34-28-21-13-12-20-27(28)33(2)31(34)32-23)29(35)22-36(24-14-6-3-7-15-24,25-16-8-4-9-17-25)26-18-10-5-11-19-26/h3-21H,22H2,1-2H3/q+1. The Morgan fingerprint density at radius 2 is 1.14 bits per heavy atom. The first-order valence-corrected chi connectivity index (χ1v) is 14.1. The minimum Gasteiger partial charge on any atom is -0.313 e. The molecule has 0 bridgehead atoms. The zero-order chi connectivity index (χ0) is 24.7. The number of imidazole rings is 2. The third-order valence-corrected chi connectivity index (χ3v) is 11.4. The fraction of sp³-hybridized carbons (Fsp3) is 0.0968. The molecule has 0 N–H and O–H groups in total. The lowest BCUT2D eigenvalue weighted by molar-refractivity contribution is 0.101. The van der Waals surface area contributed by atoms with Gasteiger partial charge in [-0.3, -0.25) is 9.20 Å². The van der Waals surface area contributed by atoms with Crippen LogP contribution in [-0.4, -0.2) is 25.9 Å². The van der Waals surface area contributed by atoms with Crippen molar-refractivity contribution in [2.45, 2.75) is 6.92 Å². The summed E-state index contributed by atoms with van der Waals surface area (Å²) in [5.74, 6) is 0.904. The van der Waals surface area contributed by atoms with Gasteiger partial charge in [0, 0.05) is 7.05 Å². The first kappa shape index (κ1) is 22.5. The van der Waals surface area contributed by atoms with Gasteiger partial charge in [-0.25, -0.2) is 4.98 Å². The van der Waals surface area contributed by atoms with E-state index in [1.165, 1.54) is 15.9 Å². The third-order valence-electron chi connectivity index (χ3n) is 7.05. The number of carbonyl (C=O) groups is 1. The van der Waals surface area contributed by atoms with Gasteiger partial charge in [0.15, 0.2) is 0 Å². The SMILES string of the molecule is Cc1nc2n(C)c3ccccc3n2c1C(=O)C[P+](c1ccccc1)(c1ccccc1)c1ccccc1. The molecule has 5 heteroatoms. The number of aryl methyl sites for hydroxylation is 2. The van der Waals surface area contributed by atoms with Crippen LogP contribution in [-0.2, 0) is 7.05 Å². The van der Waals surface area contributed by atoms with E-state index in [-0.39, 0.29) is 5.78 Å². The number of aromatic nitrogens is 3. The van der Waals surface area contributed by atoms with Crippen LogP contribution in [0.2, 0.25) is 0 Å². The van der Waals surface area contributed by atoms with Gasteiger partial charge < -0.3 is 4.57 Å². The lowest BCUT2D eigenvalue weighted by Crippen LogP contribution is -2.36. The Labute approximate surface area is 211 Å². The van der Waals surface area contributed by atoms with Crippen molar-refractivity contribution in [2.75, 3.05) is 6.16 Å². The molecule has 6 rings (SSSR count). The molecule has 4 aromatic carbocycles. The zero-order valence-electron chi connectivity index (χ0n) is 20.4. The van der Waals surface area contributed by atoms with E-state index in [0.29, 0.717) is 11.9 Å². The van der Waals surface area contributed by atoms with Gasteiger partial charge in [0.2, 0.25) is 11.6 Å². The number of fused-ring (bicyclic) bond motifs is 3. The Hall–Kier alpha value is -4.01. The smallest absolute Gasteiger partial charge is 0.219 e. The average Bonchev–Trinajstić information content (AvgIpc) is 3.42. The molecule has 0 aliphatic heterocycles. The van der Waals surface area contributed by atoms with E-state index in [1.54, 1.807) is 0 Å². The minimum atomic E-state index is -2.30. The van der Waals surface area contributed by atoms with Gasteiger partial charge in [-0.05, 0) is 55.5 Å². The Balaban J connectivity index is 1.61. The second kappa shape index (κ2) is 8.89. The van der Waals surface area contributed by atoms with Gasteiger partial charge >= 0.3 is 0 Å². The quantitative estimate of drug-likeness (QED) is 0.235. The highest BCUT2D eigenvalue weighted by atomic mass is 31.2. The maximum Gasteiger partial charge on any atom is 0.219 e. The number of hydrogen-bond acceptors (Lipinski definition) is 2. The molecule has 0 fully saturated rings. The predicted octanol–water partition coefficient (Wildman–Crippen LogP) is 5.31. The molecular formula is C31H27N3OP+. The Kier molecular flexibility index (Phi) is 5.55. The largest absolute Gasteiger partial charge is 0.313 e. The molecule has 176 valence electrons. The van der Waals surface area contributed by atoms with E-state index in [9.17, 15) is 4.79 Å². The number of Topliss-reactive ketones (excluding diaryl/α,β-unsaturated/α-hetero) is 1. The van der Waals surface area contributed by atoms with Crippen LogP contribution >= 0.6 is 7.26 Å². The maximum absolute atomic E-state index is 14.5. The first-order chi connectivity index (χ1) is 17.6. The second-order valence-electron chi connectivity index (χ2n) is 9.13. The second-order valence-corrected chi connectivity index (χ2v) is 12.6. The molecule has 4 nitrogen and oxygen atoms in total. The molecule has 0 atom stereocenters. The molecule has 2 aromatic heterocycles. The molecule has 0 spiro atoms. The zero-order valence-corrected chi connectivity index (χ0v) is 21.3. The highest BCUT2D eigenvalue weighted by Crippen LogP contribution is 2.55. The van der Waals surface area contributed by atoms with Crippen molar-refractivity contribution >= 4 is 45.8 Å². The lowest BCUT2D eigenvalue weighted by Gasteiger charge is -2.27. The van der Waals surface area contributed by atoms with E-state index >= 15 is 0 Å². The number of nitrogens with zero attached hydrogens (tertiary/aromatic N) is 3. The minimum absolute atomic E-state index is 0.112. The van der Waals surface area contributed by atoms with Crippen molar-refractivity contribution in [1.29, 1.82) is 0 Å². The number of hydrogen-bond donors (Lipinski definition) is 0. The summed E-state index contributed by atoms with van der Waals surface area (Å²) in [6.07, 6.45) is 0.392. The maximum atomic E-state index is 14.5. The molecule has 0 aliphatic rings. The van der Waals surface area contributed by atoms with Gasteiger partial charge in [0.05, 0.1) is 16.7 Å². The summed E-state index contributed by atoms with van der Waals surface area (Å²) in [5, 5.41) is 3.60. The van der Waals surface area contributed by atoms with Crippen molar-refractivity contribution < 1.29 is 4.79 Å². The van der Waals surface area contributed by atoms with Crippen LogP contribution in [0.3, 0.4) is 0 Å². The fourth-order valence-electron chi connectivity index (χ4n) is 5.40. The predicted molar refractivity (Wildman–Crippen MR) is 151 cm³/mol. The van der Waals surface area contributed by atoms with Crippen molar-refractivity contribution in [1.82, 2.24) is 14.0 Å². The lowest BCUT2D eigenvalue weighted by atomic mass is 10.2. The summed E-state index contributed by atoms with van der Waals surface area (Å²) in [4.78, 5) is 19.3. The molecule has 2 heterocycles. The fourth-order valence-corrected chi connectivity index (χ4v) is 9.46. The number of ketones is 1. The van der Waals surface area contributed by atoms with Gasteiger partial charge in [-0.2, -0.15) is 0 Å². The molecule has 0 amide bonds. The number of rotatable bonds is 6. The summed E-state index contributed by atoms with van der Waals surface area (Å²) in [6.45, 7) is 1.95. The van der Waals surface area contributed by atoms with Gasteiger partial charge in [0.25, 0.3) is 0 Å². The molecule has 0 saturated heterocycles. The Bertz CT molecular complexity index is 1590. The molecule has 0 saturated carbocycles. The number of carbonyl (C=O) groups excluding carboxylic acids is 1. The molecule has 0 unspecified atom stereocenters.